The molecule has 4 aliphatic rings. The van der Waals surface area contributed by atoms with Crippen molar-refractivity contribution in [1.82, 2.24) is 19.9 Å². The van der Waals surface area contributed by atoms with Gasteiger partial charge in [0.2, 0.25) is 0 Å². The van der Waals surface area contributed by atoms with Crippen molar-refractivity contribution in [3.8, 4) is 16.9 Å². The van der Waals surface area contributed by atoms with Gasteiger partial charge in [0.1, 0.15) is 61.2 Å². The predicted octanol–water partition coefficient (Wildman–Crippen LogP) is 7.24. The molecule has 0 amide bonds. The van der Waals surface area contributed by atoms with E-state index in [-0.39, 0.29) is 13.2 Å². The molecule has 5 aromatic rings. The second-order valence-electron chi connectivity index (χ2n) is 20.1. The van der Waals surface area contributed by atoms with Crippen LogP contribution in [0.3, 0.4) is 0 Å². The largest absolute Gasteiger partial charge is 0.491 e. The van der Waals surface area contributed by atoms with Gasteiger partial charge in [-0.05, 0) is 120 Å². The molecule has 7 heterocycles. The summed E-state index contributed by atoms with van der Waals surface area (Å²) in [6, 6.07) is 19.3. The lowest BCUT2D eigenvalue weighted by Crippen LogP contribution is -2.64. The summed E-state index contributed by atoms with van der Waals surface area (Å²) in [6.07, 6.45) is -8.73. The monoisotopic (exact) mass is 1030 g/mol. The van der Waals surface area contributed by atoms with Crippen LogP contribution in [0.4, 0.5) is 0 Å². The molecule has 0 spiro atoms. The maximum absolute atomic E-state index is 11.1. The third kappa shape index (κ3) is 9.53. The second kappa shape index (κ2) is 22.9. The van der Waals surface area contributed by atoms with E-state index in [0.29, 0.717) is 5.75 Å². The summed E-state index contributed by atoms with van der Waals surface area (Å²) in [5.41, 5.74) is 18.8. The molecular weight excluding hydrogens is 957 g/mol. The van der Waals surface area contributed by atoms with Gasteiger partial charge in [-0.15, -0.1) is 0 Å². The number of aromatic amines is 2. The van der Waals surface area contributed by atoms with E-state index < -0.39 is 80.0 Å². The van der Waals surface area contributed by atoms with E-state index in [1.54, 1.807) is 0 Å². The molecule has 10 atom stereocenters. The van der Waals surface area contributed by atoms with Crippen LogP contribution < -0.4 is 4.74 Å². The SMILES string of the molecule is CCC1=C(CC)c2nc1cc1[nH]c(cc3[nH]c(c(CC)c3CC)c(-c3ccc(OCCO[C@H]4O[C@@H](CO)[C@H](O[C@@H]5O[C@@H](CO)[C@H](O)[C@@H](O)[C@@H]5O)[C@@H](O)[C@@H]4O)cc3)c3nc4c(cccc24)C3(CC)CC)c(CC)c1CC. The molecule has 9 rings (SSSR count). The zero-order valence-corrected chi connectivity index (χ0v) is 44.5. The minimum Gasteiger partial charge on any atom is -0.491 e. The Hall–Kier alpha value is -5.08. The quantitative estimate of drug-likeness (QED) is 0.0393. The van der Waals surface area contributed by atoms with Gasteiger partial charge >= 0.3 is 0 Å². The number of hydrogen-bond donors (Lipinski definition) is 9. The fourth-order valence-corrected chi connectivity index (χ4v) is 12.3. The number of aromatic nitrogens is 4. The number of ether oxygens (including phenoxy) is 5. The van der Waals surface area contributed by atoms with Gasteiger partial charge < -0.3 is 69.4 Å². The second-order valence-corrected chi connectivity index (χ2v) is 20.1. The number of nitrogens with zero attached hydrogens (tertiary/aromatic N) is 2. The highest BCUT2D eigenvalue weighted by Crippen LogP contribution is 2.50. The van der Waals surface area contributed by atoms with E-state index in [0.717, 1.165) is 113 Å². The van der Waals surface area contributed by atoms with Crippen molar-refractivity contribution in [2.45, 2.75) is 174 Å². The zero-order valence-electron chi connectivity index (χ0n) is 44.5. The fraction of sp³-hybridized carbons (Fsp3) is 0.525. The van der Waals surface area contributed by atoms with Gasteiger partial charge in [0.15, 0.2) is 12.6 Å². The average Bonchev–Trinajstić information content (AvgIpc) is 4.19. The van der Waals surface area contributed by atoms with Gasteiger partial charge in [0.05, 0.1) is 47.9 Å². The van der Waals surface area contributed by atoms with E-state index in [1.165, 1.54) is 39.0 Å². The molecule has 16 heteroatoms. The minimum atomic E-state index is -1.77. The summed E-state index contributed by atoms with van der Waals surface area (Å²) in [4.78, 5) is 19.3. The number of aliphatic hydroxyl groups is 7. The topological polar surface area (TPSA) is 245 Å². The molecule has 2 saturated heterocycles. The van der Waals surface area contributed by atoms with Crippen molar-refractivity contribution in [2.24, 2.45) is 0 Å². The minimum absolute atomic E-state index is 0.0388. The van der Waals surface area contributed by atoms with E-state index in [9.17, 15) is 35.7 Å². The first-order valence-corrected chi connectivity index (χ1v) is 27.2. The molecule has 75 heavy (non-hydrogen) atoms. The van der Waals surface area contributed by atoms with E-state index in [4.69, 9.17) is 33.7 Å². The number of hydrogen-bond acceptors (Lipinski definition) is 14. The van der Waals surface area contributed by atoms with E-state index in [2.05, 4.69) is 108 Å². The van der Waals surface area contributed by atoms with Crippen molar-refractivity contribution in [3.05, 3.63) is 99.5 Å². The maximum Gasteiger partial charge on any atom is 0.187 e. The molecule has 2 aromatic carbocycles. The lowest BCUT2D eigenvalue weighted by molar-refractivity contribution is -0.359. The van der Waals surface area contributed by atoms with Gasteiger partial charge in [-0.3, -0.25) is 4.98 Å². The van der Waals surface area contributed by atoms with Crippen LogP contribution in [0.25, 0.3) is 55.2 Å². The molecule has 2 fully saturated rings. The Morgan fingerprint density at radius 3 is 1.84 bits per heavy atom. The third-order valence-corrected chi connectivity index (χ3v) is 16.3. The first-order chi connectivity index (χ1) is 36.3. The van der Waals surface area contributed by atoms with E-state index >= 15 is 0 Å². The lowest BCUT2D eigenvalue weighted by atomic mass is 9.72. The van der Waals surface area contributed by atoms with Gasteiger partial charge in [0, 0.05) is 32.9 Å². The average molecular weight is 1030 g/mol. The number of nitrogens with one attached hydrogen (secondary N) is 2. The molecule has 8 bridgehead atoms. The highest BCUT2D eigenvalue weighted by atomic mass is 16.7. The Labute approximate surface area is 438 Å². The van der Waals surface area contributed by atoms with Crippen LogP contribution in [-0.2, 0) is 50.0 Å². The number of fused-ring (bicyclic) bond motifs is 8. The molecule has 0 radical (unpaired) electrons. The molecule has 3 aromatic heterocycles. The Balaban J connectivity index is 1.09. The van der Waals surface area contributed by atoms with Gasteiger partial charge in [-0.2, -0.15) is 0 Å². The standard InChI is InChI=1S/C59H76N4O12/c1-9-32-33(10-2)41-27-43-35(12-4)37(14-6)49(62-43)46(56-59(15-7,16-8)39-19-17-18-38(48(39)63-56)47-36(13-5)34(11-3)42(61-47)26-40(32)60-41)30-20-22-31(23-21-30)71-24-25-72-57-54(70)52(68)55(45(29-65)74-57)75-58-53(69)51(67)50(66)44(28-64)73-58/h17-23,26-27,44-45,50-55,57-58,60,62,64-70H,9-16,24-25,28-29H2,1-8H3/t44-,45-,50-,51+,52-,53-,54-,55-,57-,58-/m0/s1. The number of aryl methyl sites for hydroxylation is 4. The van der Waals surface area contributed by atoms with E-state index in [1.807, 2.05) is 12.1 Å². The summed E-state index contributed by atoms with van der Waals surface area (Å²) < 4.78 is 29.0. The van der Waals surface area contributed by atoms with Crippen molar-refractivity contribution < 1.29 is 59.4 Å². The number of para-hydroxylation sites is 1. The molecule has 0 unspecified atom stereocenters. The first-order valence-electron chi connectivity index (χ1n) is 27.2. The summed E-state index contributed by atoms with van der Waals surface area (Å²) in [7, 11) is 0. The highest BCUT2D eigenvalue weighted by Gasteiger charge is 2.51. The Kier molecular flexibility index (Phi) is 16.7. The van der Waals surface area contributed by atoms with Crippen molar-refractivity contribution >= 4 is 44.1 Å². The summed E-state index contributed by atoms with van der Waals surface area (Å²) in [5.74, 6) is 0.569. The highest BCUT2D eigenvalue weighted by molar-refractivity contribution is 6.03. The van der Waals surface area contributed by atoms with Crippen LogP contribution in [0, 0.1) is 0 Å². The Morgan fingerprint density at radius 1 is 0.600 bits per heavy atom. The van der Waals surface area contributed by atoms with Crippen LogP contribution >= 0.6 is 0 Å². The molecule has 0 aliphatic carbocycles. The van der Waals surface area contributed by atoms with Crippen molar-refractivity contribution in [3.63, 3.8) is 0 Å². The van der Waals surface area contributed by atoms with Gasteiger partial charge in [0.25, 0.3) is 0 Å². The summed E-state index contributed by atoms with van der Waals surface area (Å²) in [6.45, 7) is 16.5. The van der Waals surface area contributed by atoms with Crippen molar-refractivity contribution in [1.29, 1.82) is 0 Å². The van der Waals surface area contributed by atoms with Gasteiger partial charge in [-0.1, -0.05) is 85.7 Å². The molecule has 0 saturated carbocycles. The lowest BCUT2D eigenvalue weighted by Gasteiger charge is -2.45. The number of allylic oxidation sites excluding steroid dienone is 2. The molecule has 4 aliphatic heterocycles. The van der Waals surface area contributed by atoms with Crippen LogP contribution in [-0.4, -0.2) is 144 Å². The third-order valence-electron chi connectivity index (χ3n) is 16.3. The van der Waals surface area contributed by atoms with Crippen molar-refractivity contribution in [2.75, 3.05) is 26.4 Å². The Morgan fingerprint density at radius 2 is 1.21 bits per heavy atom. The normalized spacial score (nSPS) is 25.7. The summed E-state index contributed by atoms with van der Waals surface area (Å²) in [5, 5.41) is 74.0. The Bertz CT molecular complexity index is 3050. The summed E-state index contributed by atoms with van der Waals surface area (Å²) >= 11 is 0. The van der Waals surface area contributed by atoms with Crippen LogP contribution in [0.2, 0.25) is 0 Å². The van der Waals surface area contributed by atoms with Crippen LogP contribution in [0.5, 0.6) is 5.75 Å². The van der Waals surface area contributed by atoms with Crippen LogP contribution in [0.15, 0.2) is 54.6 Å². The fourth-order valence-electron chi connectivity index (χ4n) is 12.3. The number of H-pyrrole nitrogens is 2. The molecule has 16 nitrogen and oxygen atoms in total. The predicted molar refractivity (Wildman–Crippen MR) is 288 cm³/mol. The number of rotatable bonds is 18. The number of benzene rings is 2. The van der Waals surface area contributed by atoms with Gasteiger partial charge in [-0.25, -0.2) is 4.98 Å². The zero-order chi connectivity index (χ0) is 53.5. The molecule has 9 N–H and O–H groups in total. The van der Waals surface area contributed by atoms with Crippen LogP contribution in [0.1, 0.15) is 126 Å². The number of aliphatic hydroxyl groups excluding tert-OH is 7. The smallest absolute Gasteiger partial charge is 0.187 e. The molecular formula is C59H76N4O12. The maximum atomic E-state index is 11.1. The first kappa shape index (κ1) is 54.7. The molecule has 404 valence electrons.